The van der Waals surface area contributed by atoms with E-state index < -0.39 is 11.7 Å². The molecule has 1 heterocycles. The summed E-state index contributed by atoms with van der Waals surface area (Å²) >= 11 is 0. The molecule has 1 aromatic heterocycles. The van der Waals surface area contributed by atoms with Crippen LogP contribution in [0.3, 0.4) is 0 Å². The minimum Gasteiger partial charge on any atom is -0.493 e. The number of rotatable bonds is 4. The highest BCUT2D eigenvalue weighted by molar-refractivity contribution is 5.95. The van der Waals surface area contributed by atoms with E-state index in [9.17, 15) is 9.18 Å². The van der Waals surface area contributed by atoms with Gasteiger partial charge in [-0.2, -0.15) is 0 Å². The molecule has 0 fully saturated rings. The summed E-state index contributed by atoms with van der Waals surface area (Å²) < 4.78 is 23.9. The van der Waals surface area contributed by atoms with Gasteiger partial charge in [-0.3, -0.25) is 4.79 Å². The van der Waals surface area contributed by atoms with E-state index in [-0.39, 0.29) is 23.1 Å². The maximum atomic E-state index is 13.3. The molecule has 0 aliphatic carbocycles. The predicted molar refractivity (Wildman–Crippen MR) is 81.1 cm³/mol. The third-order valence-electron chi connectivity index (χ3n) is 3.10. The van der Waals surface area contributed by atoms with Crippen molar-refractivity contribution in [2.45, 2.75) is 0 Å². The molecule has 0 atom stereocenters. The van der Waals surface area contributed by atoms with Crippen LogP contribution in [0.5, 0.6) is 17.4 Å². The first-order valence-corrected chi connectivity index (χ1v) is 6.66. The minimum absolute atomic E-state index is 0.0684. The Morgan fingerprint density at radius 1 is 1.09 bits per heavy atom. The van der Waals surface area contributed by atoms with Gasteiger partial charge in [-0.05, 0) is 24.3 Å². The van der Waals surface area contributed by atoms with E-state index in [2.05, 4.69) is 9.97 Å². The van der Waals surface area contributed by atoms with Gasteiger partial charge in [0.1, 0.15) is 5.82 Å². The lowest BCUT2D eigenvalue weighted by atomic mass is 10.3. The SMILES string of the molecule is COc1cc(F)ccc1Oc1nc2ccccc2nc1C(N)=O. The summed E-state index contributed by atoms with van der Waals surface area (Å²) in [6.07, 6.45) is 0. The Morgan fingerprint density at radius 2 is 1.78 bits per heavy atom. The number of nitrogens with two attached hydrogens (primary N) is 1. The molecule has 0 aliphatic heterocycles. The number of carbonyl (C=O) groups is 1. The summed E-state index contributed by atoms with van der Waals surface area (Å²) in [5, 5.41) is 0. The third-order valence-corrected chi connectivity index (χ3v) is 3.10. The Labute approximate surface area is 130 Å². The summed E-state index contributed by atoms with van der Waals surface area (Å²) in [6.45, 7) is 0. The van der Waals surface area contributed by atoms with Gasteiger partial charge in [0.2, 0.25) is 0 Å². The molecule has 23 heavy (non-hydrogen) atoms. The number of carbonyl (C=O) groups excluding carboxylic acids is 1. The molecule has 3 aromatic rings. The number of hydrogen-bond donors (Lipinski definition) is 1. The summed E-state index contributed by atoms with van der Waals surface area (Å²) in [5.74, 6) is -0.967. The summed E-state index contributed by atoms with van der Waals surface area (Å²) in [5.41, 5.74) is 6.27. The molecular formula is C16H12FN3O3. The number of fused-ring (bicyclic) bond motifs is 1. The summed E-state index contributed by atoms with van der Waals surface area (Å²) in [6, 6.07) is 10.7. The van der Waals surface area contributed by atoms with E-state index in [1.165, 1.54) is 19.2 Å². The first kappa shape index (κ1) is 14.7. The van der Waals surface area contributed by atoms with Gasteiger partial charge in [0, 0.05) is 6.07 Å². The molecule has 0 unspecified atom stereocenters. The molecule has 0 radical (unpaired) electrons. The first-order valence-electron chi connectivity index (χ1n) is 6.66. The van der Waals surface area contributed by atoms with Crippen molar-refractivity contribution in [1.82, 2.24) is 9.97 Å². The maximum Gasteiger partial charge on any atom is 0.272 e. The second kappa shape index (κ2) is 5.88. The molecule has 2 aromatic carbocycles. The molecule has 116 valence electrons. The molecule has 0 saturated carbocycles. The van der Waals surface area contributed by atoms with E-state index in [0.717, 1.165) is 6.07 Å². The van der Waals surface area contributed by atoms with Crippen LogP contribution < -0.4 is 15.2 Å². The molecule has 3 rings (SSSR count). The van der Waals surface area contributed by atoms with Gasteiger partial charge in [0.15, 0.2) is 17.2 Å². The summed E-state index contributed by atoms with van der Waals surface area (Å²) in [7, 11) is 1.38. The van der Waals surface area contributed by atoms with Crippen molar-refractivity contribution in [2.24, 2.45) is 5.73 Å². The number of hydrogen-bond acceptors (Lipinski definition) is 5. The number of ether oxygens (including phenoxy) is 2. The highest BCUT2D eigenvalue weighted by Crippen LogP contribution is 2.32. The topological polar surface area (TPSA) is 87.3 Å². The zero-order valence-electron chi connectivity index (χ0n) is 12.1. The van der Waals surface area contributed by atoms with E-state index >= 15 is 0 Å². The zero-order chi connectivity index (χ0) is 16.4. The molecule has 7 heteroatoms. The fourth-order valence-electron chi connectivity index (χ4n) is 2.05. The fourth-order valence-corrected chi connectivity index (χ4v) is 2.05. The minimum atomic E-state index is -0.778. The number of amides is 1. The van der Waals surface area contributed by atoms with Gasteiger partial charge in [-0.1, -0.05) is 12.1 Å². The third kappa shape index (κ3) is 2.89. The van der Waals surface area contributed by atoms with Crippen molar-refractivity contribution in [3.8, 4) is 17.4 Å². The molecule has 0 aliphatic rings. The van der Waals surface area contributed by atoms with Crippen molar-refractivity contribution in [2.75, 3.05) is 7.11 Å². The Morgan fingerprint density at radius 3 is 2.43 bits per heavy atom. The quantitative estimate of drug-likeness (QED) is 0.800. The van der Waals surface area contributed by atoms with Crippen LogP contribution in [0.2, 0.25) is 0 Å². The number of halogens is 1. The van der Waals surface area contributed by atoms with Crippen molar-refractivity contribution < 1.29 is 18.7 Å². The van der Waals surface area contributed by atoms with Gasteiger partial charge in [-0.15, -0.1) is 0 Å². The number of nitrogens with zero attached hydrogens (tertiary/aromatic N) is 2. The predicted octanol–water partition coefficient (Wildman–Crippen LogP) is 2.67. The van der Waals surface area contributed by atoms with Gasteiger partial charge in [0.25, 0.3) is 11.8 Å². The summed E-state index contributed by atoms with van der Waals surface area (Å²) in [4.78, 5) is 20.0. The van der Waals surface area contributed by atoms with Crippen LogP contribution in [0.25, 0.3) is 11.0 Å². The lowest BCUT2D eigenvalue weighted by molar-refractivity contribution is 0.0992. The van der Waals surface area contributed by atoms with Gasteiger partial charge < -0.3 is 15.2 Å². The molecule has 1 amide bonds. The van der Waals surface area contributed by atoms with E-state index in [1.54, 1.807) is 24.3 Å². The monoisotopic (exact) mass is 313 g/mol. The normalized spacial score (nSPS) is 10.5. The average molecular weight is 313 g/mol. The van der Waals surface area contributed by atoms with Crippen LogP contribution in [0.15, 0.2) is 42.5 Å². The van der Waals surface area contributed by atoms with Crippen LogP contribution in [0.4, 0.5) is 4.39 Å². The van der Waals surface area contributed by atoms with E-state index in [0.29, 0.717) is 11.0 Å². The zero-order valence-corrected chi connectivity index (χ0v) is 12.1. The maximum absolute atomic E-state index is 13.3. The second-order valence-corrected chi connectivity index (χ2v) is 4.63. The van der Waals surface area contributed by atoms with Crippen molar-refractivity contribution in [3.05, 3.63) is 54.0 Å². The first-order chi connectivity index (χ1) is 11.1. The molecule has 2 N–H and O–H groups in total. The number of primary amides is 1. The molecule has 0 spiro atoms. The lowest BCUT2D eigenvalue weighted by Crippen LogP contribution is -2.15. The average Bonchev–Trinajstić information content (AvgIpc) is 2.55. The number of para-hydroxylation sites is 2. The molecule has 0 bridgehead atoms. The smallest absolute Gasteiger partial charge is 0.272 e. The Balaban J connectivity index is 2.12. The number of aromatic nitrogens is 2. The highest BCUT2D eigenvalue weighted by Gasteiger charge is 2.18. The van der Waals surface area contributed by atoms with Gasteiger partial charge >= 0.3 is 0 Å². The van der Waals surface area contributed by atoms with Crippen LogP contribution in [0.1, 0.15) is 10.5 Å². The van der Waals surface area contributed by atoms with Crippen LogP contribution in [0, 0.1) is 5.82 Å². The molecule has 0 saturated heterocycles. The van der Waals surface area contributed by atoms with Gasteiger partial charge in [0.05, 0.1) is 18.1 Å². The van der Waals surface area contributed by atoms with Crippen molar-refractivity contribution in [1.29, 1.82) is 0 Å². The number of benzene rings is 2. The Kier molecular flexibility index (Phi) is 3.76. The molecule has 6 nitrogen and oxygen atoms in total. The number of methoxy groups -OCH3 is 1. The van der Waals surface area contributed by atoms with Crippen molar-refractivity contribution >= 4 is 16.9 Å². The lowest BCUT2D eigenvalue weighted by Gasteiger charge is -2.11. The molecular weight excluding hydrogens is 301 g/mol. The Hall–Kier alpha value is -3.22. The fraction of sp³-hybridized carbons (Fsp3) is 0.0625. The highest BCUT2D eigenvalue weighted by atomic mass is 19.1. The van der Waals surface area contributed by atoms with Crippen molar-refractivity contribution in [3.63, 3.8) is 0 Å². The van der Waals surface area contributed by atoms with Crippen LogP contribution >= 0.6 is 0 Å². The van der Waals surface area contributed by atoms with Crippen LogP contribution in [-0.4, -0.2) is 23.0 Å². The standard InChI is InChI=1S/C16H12FN3O3/c1-22-13-8-9(17)6-7-12(13)23-16-14(15(18)21)19-10-4-2-3-5-11(10)20-16/h2-8H,1H3,(H2,18,21). The van der Waals surface area contributed by atoms with E-state index in [4.69, 9.17) is 15.2 Å². The van der Waals surface area contributed by atoms with Gasteiger partial charge in [-0.25, -0.2) is 14.4 Å². The Bertz CT molecular complexity index is 899. The van der Waals surface area contributed by atoms with E-state index in [1.807, 2.05) is 0 Å². The largest absolute Gasteiger partial charge is 0.493 e. The van der Waals surface area contributed by atoms with Crippen LogP contribution in [-0.2, 0) is 0 Å². The second-order valence-electron chi connectivity index (χ2n) is 4.63.